The van der Waals surface area contributed by atoms with E-state index >= 15 is 0 Å². The van der Waals surface area contributed by atoms with E-state index in [0.29, 0.717) is 12.1 Å². The van der Waals surface area contributed by atoms with Gasteiger partial charge in [-0.1, -0.05) is 38.1 Å². The van der Waals surface area contributed by atoms with Gasteiger partial charge in [-0.3, -0.25) is 0 Å². The predicted molar refractivity (Wildman–Crippen MR) is 130 cm³/mol. The Morgan fingerprint density at radius 2 is 1.67 bits per heavy atom. The molecule has 0 spiro atoms. The molecule has 1 aromatic heterocycles. The van der Waals surface area contributed by atoms with Gasteiger partial charge in [0.1, 0.15) is 11.9 Å². The van der Waals surface area contributed by atoms with Gasteiger partial charge < -0.3 is 20.1 Å². The quantitative estimate of drug-likeness (QED) is 0.613. The van der Waals surface area contributed by atoms with Crippen LogP contribution in [0.1, 0.15) is 49.1 Å². The largest absolute Gasteiger partial charge is 0.490 e. The molecule has 2 heterocycles. The molecule has 3 aromatic rings. The van der Waals surface area contributed by atoms with Crippen molar-refractivity contribution in [3.8, 4) is 11.8 Å². The van der Waals surface area contributed by atoms with Gasteiger partial charge in [0.15, 0.2) is 0 Å². The number of benzene rings is 2. The van der Waals surface area contributed by atoms with E-state index in [0.717, 1.165) is 43.8 Å². The molecule has 5 rings (SSSR count). The summed E-state index contributed by atoms with van der Waals surface area (Å²) in [5.74, 6) is 0.924. The fourth-order valence-corrected chi connectivity index (χ4v) is 4.70. The Morgan fingerprint density at radius 1 is 1.00 bits per heavy atom. The average Bonchev–Trinajstić information content (AvgIpc) is 2.83. The molecule has 1 aliphatic heterocycles. The molecular formula is C27H32N4O2. The normalized spacial score (nSPS) is 20.1. The van der Waals surface area contributed by atoms with Crippen LogP contribution in [0.4, 0.5) is 5.69 Å². The van der Waals surface area contributed by atoms with Crippen LogP contribution in [-0.2, 0) is 18.4 Å². The van der Waals surface area contributed by atoms with E-state index in [9.17, 15) is 0 Å². The zero-order valence-electron chi connectivity index (χ0n) is 19.6. The molecule has 0 radical (unpaired) electrons. The monoisotopic (exact) mass is 444 g/mol. The van der Waals surface area contributed by atoms with E-state index in [2.05, 4.69) is 77.2 Å². The van der Waals surface area contributed by atoms with E-state index in [1.165, 1.54) is 22.4 Å². The number of aromatic nitrogens is 2. The SMILES string of the molecule is COc1ncc2c(n1)CN(c1ccc(C(C)(C)c3ccc(OC4CC(N)C4)cc3)cc1)CC2. The number of rotatable bonds is 6. The Labute approximate surface area is 195 Å². The summed E-state index contributed by atoms with van der Waals surface area (Å²) in [6.07, 6.45) is 4.99. The standard InChI is InChI=1S/C27H32N4O2/c1-27(2,20-6-10-23(11-7-20)33-24-14-21(28)15-24)19-4-8-22(9-5-19)31-13-12-18-16-29-26(32-3)30-25(18)17-31/h4-11,16,21,24H,12-15,17,28H2,1-3H3. The fraction of sp³-hybridized carbons (Fsp3) is 0.407. The van der Waals surface area contributed by atoms with Gasteiger partial charge in [0, 0.05) is 29.9 Å². The van der Waals surface area contributed by atoms with Gasteiger partial charge in [-0.15, -0.1) is 0 Å². The van der Waals surface area contributed by atoms with Gasteiger partial charge in [0.05, 0.1) is 19.3 Å². The zero-order chi connectivity index (χ0) is 23.0. The molecule has 33 heavy (non-hydrogen) atoms. The third-order valence-electron chi connectivity index (χ3n) is 7.07. The van der Waals surface area contributed by atoms with Crippen molar-refractivity contribution in [3.63, 3.8) is 0 Å². The lowest BCUT2D eigenvalue weighted by molar-refractivity contribution is 0.101. The van der Waals surface area contributed by atoms with Crippen molar-refractivity contribution in [1.82, 2.24) is 9.97 Å². The van der Waals surface area contributed by atoms with Crippen molar-refractivity contribution < 1.29 is 9.47 Å². The maximum Gasteiger partial charge on any atom is 0.316 e. The minimum atomic E-state index is -0.106. The summed E-state index contributed by atoms with van der Waals surface area (Å²) in [7, 11) is 1.60. The summed E-state index contributed by atoms with van der Waals surface area (Å²) >= 11 is 0. The smallest absolute Gasteiger partial charge is 0.316 e. The van der Waals surface area contributed by atoms with Crippen molar-refractivity contribution in [2.75, 3.05) is 18.6 Å². The first-order valence-corrected chi connectivity index (χ1v) is 11.7. The van der Waals surface area contributed by atoms with Crippen LogP contribution >= 0.6 is 0 Å². The van der Waals surface area contributed by atoms with Gasteiger partial charge in [0.25, 0.3) is 0 Å². The lowest BCUT2D eigenvalue weighted by Gasteiger charge is -2.33. The minimum absolute atomic E-state index is 0.106. The number of ether oxygens (including phenoxy) is 2. The first-order chi connectivity index (χ1) is 15.9. The van der Waals surface area contributed by atoms with Gasteiger partial charge in [-0.25, -0.2) is 4.98 Å². The molecule has 1 fully saturated rings. The Balaban J connectivity index is 1.28. The molecule has 2 aliphatic rings. The highest BCUT2D eigenvalue weighted by Crippen LogP contribution is 2.35. The number of methoxy groups -OCH3 is 1. The van der Waals surface area contributed by atoms with Gasteiger partial charge >= 0.3 is 6.01 Å². The Kier molecular flexibility index (Phi) is 5.71. The third kappa shape index (κ3) is 4.40. The number of nitrogens with zero attached hydrogens (tertiary/aromatic N) is 3. The van der Waals surface area contributed by atoms with Crippen molar-refractivity contribution in [2.24, 2.45) is 5.73 Å². The maximum absolute atomic E-state index is 6.01. The average molecular weight is 445 g/mol. The van der Waals surface area contributed by atoms with Crippen LogP contribution in [0.15, 0.2) is 54.7 Å². The molecule has 6 heteroatoms. The predicted octanol–water partition coefficient (Wildman–Crippen LogP) is 4.24. The van der Waals surface area contributed by atoms with Crippen LogP contribution in [0, 0.1) is 0 Å². The van der Waals surface area contributed by atoms with E-state index in [-0.39, 0.29) is 11.5 Å². The first kappa shape index (κ1) is 21.7. The Hall–Kier alpha value is -3.12. The number of hydrogen-bond donors (Lipinski definition) is 1. The highest BCUT2D eigenvalue weighted by molar-refractivity contribution is 5.52. The summed E-state index contributed by atoms with van der Waals surface area (Å²) in [4.78, 5) is 11.2. The number of fused-ring (bicyclic) bond motifs is 1. The van der Waals surface area contributed by atoms with E-state index in [1.807, 2.05) is 6.20 Å². The van der Waals surface area contributed by atoms with Crippen molar-refractivity contribution in [1.29, 1.82) is 0 Å². The van der Waals surface area contributed by atoms with Gasteiger partial charge in [-0.2, -0.15) is 4.98 Å². The summed E-state index contributed by atoms with van der Waals surface area (Å²) in [6, 6.07) is 18.2. The van der Waals surface area contributed by atoms with Crippen molar-refractivity contribution in [2.45, 2.75) is 57.2 Å². The number of nitrogens with two attached hydrogens (primary N) is 1. The van der Waals surface area contributed by atoms with Crippen molar-refractivity contribution in [3.05, 3.63) is 77.1 Å². The molecule has 6 nitrogen and oxygen atoms in total. The second-order valence-electron chi connectivity index (χ2n) is 9.67. The lowest BCUT2D eigenvalue weighted by Crippen LogP contribution is -2.43. The summed E-state index contributed by atoms with van der Waals surface area (Å²) < 4.78 is 11.2. The molecule has 0 bridgehead atoms. The highest BCUT2D eigenvalue weighted by atomic mass is 16.5. The number of anilines is 1. The summed E-state index contributed by atoms with van der Waals surface area (Å²) in [5.41, 5.74) is 11.8. The molecule has 0 atom stereocenters. The second-order valence-corrected chi connectivity index (χ2v) is 9.67. The topological polar surface area (TPSA) is 73.5 Å². The molecule has 0 unspecified atom stereocenters. The van der Waals surface area contributed by atoms with Crippen LogP contribution in [-0.4, -0.2) is 35.8 Å². The molecular weight excluding hydrogens is 412 g/mol. The van der Waals surface area contributed by atoms with Crippen LogP contribution < -0.4 is 20.1 Å². The van der Waals surface area contributed by atoms with Gasteiger partial charge in [-0.05, 0) is 60.2 Å². The summed E-state index contributed by atoms with van der Waals surface area (Å²) in [5, 5.41) is 0. The van der Waals surface area contributed by atoms with Crippen molar-refractivity contribution >= 4 is 5.69 Å². The molecule has 2 aromatic carbocycles. The Morgan fingerprint density at radius 3 is 2.30 bits per heavy atom. The molecule has 1 saturated carbocycles. The van der Waals surface area contributed by atoms with E-state index < -0.39 is 0 Å². The zero-order valence-corrected chi connectivity index (χ0v) is 19.6. The highest BCUT2D eigenvalue weighted by Gasteiger charge is 2.28. The fourth-order valence-electron chi connectivity index (χ4n) is 4.70. The van der Waals surface area contributed by atoms with Crippen LogP contribution in [0.3, 0.4) is 0 Å². The van der Waals surface area contributed by atoms with E-state index in [4.69, 9.17) is 15.2 Å². The Bertz CT molecular complexity index is 1110. The maximum atomic E-state index is 6.01. The third-order valence-corrected chi connectivity index (χ3v) is 7.07. The van der Waals surface area contributed by atoms with Crippen LogP contribution in [0.5, 0.6) is 11.8 Å². The first-order valence-electron chi connectivity index (χ1n) is 11.7. The van der Waals surface area contributed by atoms with E-state index in [1.54, 1.807) is 7.11 Å². The van der Waals surface area contributed by atoms with Gasteiger partial charge in [0.2, 0.25) is 0 Å². The minimum Gasteiger partial charge on any atom is -0.490 e. The molecule has 0 amide bonds. The second kappa shape index (κ2) is 8.67. The molecule has 1 aliphatic carbocycles. The van der Waals surface area contributed by atoms with Crippen LogP contribution in [0.2, 0.25) is 0 Å². The molecule has 0 saturated heterocycles. The lowest BCUT2D eigenvalue weighted by atomic mass is 9.78. The molecule has 172 valence electrons. The molecule has 2 N–H and O–H groups in total. The summed E-state index contributed by atoms with van der Waals surface area (Å²) in [6.45, 7) is 6.26. The number of hydrogen-bond acceptors (Lipinski definition) is 6. The van der Waals surface area contributed by atoms with Crippen LogP contribution in [0.25, 0.3) is 0 Å².